The molecular weight excluding hydrogens is 465 g/mol. The third-order valence-corrected chi connectivity index (χ3v) is 7.66. The van der Waals surface area contributed by atoms with Crippen molar-refractivity contribution < 1.29 is 26.3 Å². The number of benzene rings is 3. The first kappa shape index (κ1) is 24.1. The van der Waals surface area contributed by atoms with Gasteiger partial charge < -0.3 is 4.74 Å². The lowest BCUT2D eigenvalue weighted by molar-refractivity contribution is -0.274. The van der Waals surface area contributed by atoms with Crippen LogP contribution in [0.5, 0.6) is 5.75 Å². The van der Waals surface area contributed by atoms with Crippen LogP contribution in [0.2, 0.25) is 0 Å². The average Bonchev–Trinajstić information content (AvgIpc) is 2.81. The molecule has 4 rings (SSSR count). The second-order valence-electron chi connectivity index (χ2n) is 8.15. The van der Waals surface area contributed by atoms with E-state index < -0.39 is 22.1 Å². The molecule has 1 aliphatic heterocycles. The molecule has 1 aliphatic rings. The lowest BCUT2D eigenvalue weighted by Gasteiger charge is -2.39. The van der Waals surface area contributed by atoms with E-state index in [1.54, 1.807) is 30.3 Å². The van der Waals surface area contributed by atoms with Gasteiger partial charge in [-0.25, -0.2) is 8.42 Å². The summed E-state index contributed by atoms with van der Waals surface area (Å²) < 4.78 is 70.0. The molecule has 0 radical (unpaired) electrons. The Labute approximate surface area is 197 Å². The van der Waals surface area contributed by atoms with Crippen molar-refractivity contribution in [3.63, 3.8) is 0 Å². The molecule has 3 aromatic carbocycles. The Bertz CT molecular complexity index is 1160. The second kappa shape index (κ2) is 10.1. The monoisotopic (exact) mass is 490 g/mol. The number of halogens is 3. The molecule has 0 unspecified atom stereocenters. The van der Waals surface area contributed by atoms with Crippen LogP contribution in [-0.2, 0) is 16.6 Å². The summed E-state index contributed by atoms with van der Waals surface area (Å²) in [6, 6.07) is 23.0. The molecule has 0 spiro atoms. The van der Waals surface area contributed by atoms with E-state index in [1.165, 1.54) is 9.87 Å². The van der Waals surface area contributed by atoms with Crippen molar-refractivity contribution in [3.05, 3.63) is 90.5 Å². The van der Waals surface area contributed by atoms with Crippen LogP contribution in [0.25, 0.3) is 0 Å². The fraction of sp³-hybridized carbons (Fsp3) is 0.280. The molecule has 180 valence electrons. The SMILES string of the molecule is O=S(=O)(c1ccc(OC(F)(F)F)cc1)N(c1ccccc1)C1CCN(Cc2ccccc2)CC1. The van der Waals surface area contributed by atoms with Crippen LogP contribution in [0.4, 0.5) is 18.9 Å². The first-order chi connectivity index (χ1) is 16.2. The molecule has 1 fully saturated rings. The highest BCUT2D eigenvalue weighted by atomic mass is 32.2. The fourth-order valence-corrected chi connectivity index (χ4v) is 5.91. The highest BCUT2D eigenvalue weighted by Crippen LogP contribution is 2.32. The van der Waals surface area contributed by atoms with Gasteiger partial charge in [0.05, 0.1) is 10.6 Å². The van der Waals surface area contributed by atoms with Gasteiger partial charge in [-0.1, -0.05) is 48.5 Å². The molecule has 0 amide bonds. The van der Waals surface area contributed by atoms with Gasteiger partial charge in [0.1, 0.15) is 5.75 Å². The van der Waals surface area contributed by atoms with Gasteiger partial charge in [-0.05, 0) is 54.8 Å². The van der Waals surface area contributed by atoms with Crippen LogP contribution in [0, 0.1) is 0 Å². The molecule has 5 nitrogen and oxygen atoms in total. The average molecular weight is 491 g/mol. The minimum Gasteiger partial charge on any atom is -0.406 e. The Morgan fingerprint density at radius 1 is 0.853 bits per heavy atom. The number of rotatable bonds is 7. The van der Waals surface area contributed by atoms with Crippen molar-refractivity contribution in [1.29, 1.82) is 0 Å². The van der Waals surface area contributed by atoms with Crippen molar-refractivity contribution in [2.24, 2.45) is 0 Å². The summed E-state index contributed by atoms with van der Waals surface area (Å²) in [6.45, 7) is 2.26. The van der Waals surface area contributed by atoms with E-state index in [1.807, 2.05) is 18.2 Å². The van der Waals surface area contributed by atoms with E-state index in [4.69, 9.17) is 0 Å². The second-order valence-corrected chi connectivity index (χ2v) is 9.96. The lowest BCUT2D eigenvalue weighted by atomic mass is 10.0. The summed E-state index contributed by atoms with van der Waals surface area (Å²) in [5.41, 5.74) is 1.73. The van der Waals surface area contributed by atoms with Crippen LogP contribution < -0.4 is 9.04 Å². The summed E-state index contributed by atoms with van der Waals surface area (Å²) in [6.07, 6.45) is -3.57. The Balaban J connectivity index is 1.55. The van der Waals surface area contributed by atoms with Crippen LogP contribution in [0.15, 0.2) is 89.8 Å². The summed E-state index contributed by atoms with van der Waals surface area (Å²) in [5, 5.41) is 0. The molecule has 9 heteroatoms. The zero-order chi connectivity index (χ0) is 24.2. The van der Waals surface area contributed by atoms with Crippen molar-refractivity contribution in [1.82, 2.24) is 4.90 Å². The van der Waals surface area contributed by atoms with Crippen LogP contribution in [-0.4, -0.2) is 38.8 Å². The number of para-hydroxylation sites is 1. The lowest BCUT2D eigenvalue weighted by Crippen LogP contribution is -2.47. The standard InChI is InChI=1S/C25H25F3N2O3S/c26-25(27,28)33-23-11-13-24(14-12-23)34(31,32)30(21-9-5-2-6-10-21)22-15-17-29(18-16-22)19-20-7-3-1-4-8-20/h1-14,22H,15-19H2. The van der Waals surface area contributed by atoms with Gasteiger partial charge in [0.15, 0.2) is 0 Å². The summed E-state index contributed by atoms with van der Waals surface area (Å²) >= 11 is 0. The molecule has 0 aliphatic carbocycles. The maximum atomic E-state index is 13.7. The number of ether oxygens (including phenoxy) is 1. The predicted octanol–water partition coefficient (Wildman–Crippen LogP) is 5.45. The van der Waals surface area contributed by atoms with Gasteiger partial charge in [-0.15, -0.1) is 13.2 Å². The summed E-state index contributed by atoms with van der Waals surface area (Å²) in [4.78, 5) is 2.21. The normalized spacial score (nSPS) is 15.7. The van der Waals surface area contributed by atoms with E-state index in [9.17, 15) is 21.6 Å². The van der Waals surface area contributed by atoms with Crippen LogP contribution >= 0.6 is 0 Å². The van der Waals surface area contributed by atoms with E-state index in [0.717, 1.165) is 43.9 Å². The third-order valence-electron chi connectivity index (χ3n) is 5.76. The molecule has 3 aromatic rings. The van der Waals surface area contributed by atoms with Gasteiger partial charge >= 0.3 is 6.36 Å². The zero-order valence-corrected chi connectivity index (χ0v) is 19.2. The Kier molecular flexibility index (Phi) is 7.13. The first-order valence-electron chi connectivity index (χ1n) is 10.9. The van der Waals surface area contributed by atoms with E-state index in [-0.39, 0.29) is 10.9 Å². The highest BCUT2D eigenvalue weighted by Gasteiger charge is 2.35. The van der Waals surface area contributed by atoms with Gasteiger partial charge in [-0.2, -0.15) is 0 Å². The smallest absolute Gasteiger partial charge is 0.406 e. The minimum absolute atomic E-state index is 0.0856. The number of alkyl halides is 3. The molecule has 0 atom stereocenters. The molecule has 1 heterocycles. The van der Waals surface area contributed by atoms with Crippen molar-refractivity contribution in [2.45, 2.75) is 36.7 Å². The number of hydrogen-bond acceptors (Lipinski definition) is 4. The molecule has 34 heavy (non-hydrogen) atoms. The summed E-state index contributed by atoms with van der Waals surface area (Å²) in [7, 11) is -4.01. The third kappa shape index (κ3) is 5.90. The molecule has 0 bridgehead atoms. The quantitative estimate of drug-likeness (QED) is 0.442. The predicted molar refractivity (Wildman–Crippen MR) is 124 cm³/mol. The van der Waals surface area contributed by atoms with Crippen molar-refractivity contribution in [2.75, 3.05) is 17.4 Å². The fourth-order valence-electron chi connectivity index (χ4n) is 4.20. The van der Waals surface area contributed by atoms with E-state index in [2.05, 4.69) is 21.8 Å². The molecule has 0 saturated carbocycles. The van der Waals surface area contributed by atoms with Crippen LogP contribution in [0.1, 0.15) is 18.4 Å². The van der Waals surface area contributed by atoms with Gasteiger partial charge in [0.25, 0.3) is 10.0 Å². The van der Waals surface area contributed by atoms with Gasteiger partial charge in [-0.3, -0.25) is 9.21 Å². The number of sulfonamides is 1. The topological polar surface area (TPSA) is 49.9 Å². The number of hydrogen-bond donors (Lipinski definition) is 0. The molecule has 0 N–H and O–H groups in total. The molecule has 0 aromatic heterocycles. The maximum absolute atomic E-state index is 13.7. The van der Waals surface area contributed by atoms with Gasteiger partial charge in [0, 0.05) is 25.7 Å². The largest absolute Gasteiger partial charge is 0.573 e. The summed E-state index contributed by atoms with van der Waals surface area (Å²) in [5.74, 6) is -0.466. The minimum atomic E-state index is -4.84. The van der Waals surface area contributed by atoms with E-state index >= 15 is 0 Å². The number of anilines is 1. The zero-order valence-electron chi connectivity index (χ0n) is 18.4. The van der Waals surface area contributed by atoms with Crippen molar-refractivity contribution in [3.8, 4) is 5.75 Å². The highest BCUT2D eigenvalue weighted by molar-refractivity contribution is 7.92. The molecular formula is C25H25F3N2O3S. The first-order valence-corrected chi connectivity index (χ1v) is 12.4. The van der Waals surface area contributed by atoms with Crippen molar-refractivity contribution >= 4 is 15.7 Å². The Morgan fingerprint density at radius 3 is 1.97 bits per heavy atom. The maximum Gasteiger partial charge on any atom is 0.573 e. The number of likely N-dealkylation sites (tertiary alicyclic amines) is 1. The Hall–Kier alpha value is -3.04. The molecule has 1 saturated heterocycles. The number of nitrogens with zero attached hydrogens (tertiary/aromatic N) is 2. The van der Waals surface area contributed by atoms with E-state index in [0.29, 0.717) is 18.5 Å². The number of piperidine rings is 1. The Morgan fingerprint density at radius 2 is 1.41 bits per heavy atom. The van der Waals surface area contributed by atoms with Gasteiger partial charge in [0.2, 0.25) is 0 Å². The van der Waals surface area contributed by atoms with Crippen LogP contribution in [0.3, 0.4) is 0 Å².